The van der Waals surface area contributed by atoms with Crippen molar-refractivity contribution in [2.24, 2.45) is 5.41 Å². The Morgan fingerprint density at radius 2 is 1.75 bits per heavy atom. The molecule has 2 bridgehead atoms. The van der Waals surface area contributed by atoms with Gasteiger partial charge >= 0.3 is 12.1 Å². The van der Waals surface area contributed by atoms with Crippen LogP contribution >= 0.6 is 0 Å². The van der Waals surface area contributed by atoms with Gasteiger partial charge in [-0.1, -0.05) is 0 Å². The maximum absolute atomic E-state index is 11.8. The van der Waals surface area contributed by atoms with Crippen LogP contribution in [0.5, 0.6) is 0 Å². The number of carboxylic acid groups (broad SMARTS) is 1. The largest absolute Gasteiger partial charge is 0.465 e. The lowest BCUT2D eigenvalue weighted by Crippen LogP contribution is -2.77. The highest BCUT2D eigenvalue weighted by atomic mass is 16.6. The van der Waals surface area contributed by atoms with Gasteiger partial charge in [0.1, 0.15) is 5.60 Å². The summed E-state index contributed by atoms with van der Waals surface area (Å²) in [6.45, 7) is 5.50. The van der Waals surface area contributed by atoms with Crippen LogP contribution in [0.1, 0.15) is 40.0 Å². The molecule has 0 aromatic rings. The molecule has 5 heteroatoms. The molecule has 3 saturated carbocycles. The first-order valence-corrected chi connectivity index (χ1v) is 5.41. The molecule has 0 aromatic heterocycles. The molecule has 5 nitrogen and oxygen atoms in total. The number of ether oxygens (including phenoxy) is 1. The van der Waals surface area contributed by atoms with Crippen molar-refractivity contribution in [3.8, 4) is 0 Å². The lowest BCUT2D eigenvalue weighted by atomic mass is 9.39. The van der Waals surface area contributed by atoms with Gasteiger partial charge in [0.25, 0.3) is 0 Å². The van der Waals surface area contributed by atoms with Crippen molar-refractivity contribution in [3.05, 3.63) is 0 Å². The van der Waals surface area contributed by atoms with Gasteiger partial charge < -0.3 is 15.2 Å². The summed E-state index contributed by atoms with van der Waals surface area (Å²) >= 11 is 0. The van der Waals surface area contributed by atoms with Crippen molar-refractivity contribution >= 4 is 12.1 Å². The van der Waals surface area contributed by atoms with Crippen LogP contribution in [0.3, 0.4) is 0 Å². The summed E-state index contributed by atoms with van der Waals surface area (Å²) in [7, 11) is 0. The second-order valence-corrected chi connectivity index (χ2v) is 6.02. The molecule has 0 aliphatic heterocycles. The van der Waals surface area contributed by atoms with E-state index in [4.69, 9.17) is 9.84 Å². The van der Waals surface area contributed by atoms with Gasteiger partial charge in [-0.25, -0.2) is 4.79 Å². The van der Waals surface area contributed by atoms with E-state index in [2.05, 4.69) is 5.32 Å². The first-order chi connectivity index (χ1) is 7.17. The molecule has 3 rings (SSSR count). The Balaban J connectivity index is 1.89. The molecule has 1 amide bonds. The Labute approximate surface area is 94.2 Å². The van der Waals surface area contributed by atoms with E-state index < -0.39 is 17.1 Å². The molecule has 0 unspecified atom stereocenters. The summed E-state index contributed by atoms with van der Waals surface area (Å²) in [5.41, 5.74) is -1.22. The van der Waals surface area contributed by atoms with Crippen LogP contribution in [0.4, 0.5) is 4.79 Å². The molecule has 16 heavy (non-hydrogen) atoms. The third-order valence-electron chi connectivity index (χ3n) is 3.23. The lowest BCUT2D eigenvalue weighted by molar-refractivity contribution is -0.212. The second kappa shape index (κ2) is 2.90. The molecular formula is C11H17NO4. The van der Waals surface area contributed by atoms with Gasteiger partial charge in [-0.15, -0.1) is 0 Å². The van der Waals surface area contributed by atoms with Gasteiger partial charge in [0.05, 0.1) is 5.41 Å². The molecule has 0 saturated heterocycles. The number of esters is 1. The molecule has 2 N–H and O–H groups in total. The Hall–Kier alpha value is -1.26. The normalized spacial score (nSPS) is 35.7. The van der Waals surface area contributed by atoms with Crippen molar-refractivity contribution in [1.82, 2.24) is 5.32 Å². The van der Waals surface area contributed by atoms with E-state index in [0.29, 0.717) is 19.3 Å². The van der Waals surface area contributed by atoms with Crippen LogP contribution in [-0.2, 0) is 9.53 Å². The van der Waals surface area contributed by atoms with Crippen LogP contribution in [0, 0.1) is 5.41 Å². The van der Waals surface area contributed by atoms with Crippen LogP contribution < -0.4 is 5.32 Å². The zero-order valence-electron chi connectivity index (χ0n) is 9.79. The summed E-state index contributed by atoms with van der Waals surface area (Å²) in [5.74, 6) is -0.186. The number of hydrogen-bond acceptors (Lipinski definition) is 3. The van der Waals surface area contributed by atoms with Crippen LogP contribution in [0.2, 0.25) is 0 Å². The number of carbonyl (C=O) groups is 2. The first-order valence-electron chi connectivity index (χ1n) is 5.41. The van der Waals surface area contributed by atoms with Gasteiger partial charge in [-0.05, 0) is 40.0 Å². The number of rotatable bonds is 2. The average Bonchev–Trinajstić information content (AvgIpc) is 1.88. The fourth-order valence-corrected chi connectivity index (χ4v) is 2.75. The smallest absolute Gasteiger partial charge is 0.405 e. The van der Waals surface area contributed by atoms with Gasteiger partial charge in [-0.3, -0.25) is 4.79 Å². The SMILES string of the molecule is CC(C)(C)OC(=O)C12CC(NC(=O)O)(C1)C2. The van der Waals surface area contributed by atoms with E-state index >= 15 is 0 Å². The van der Waals surface area contributed by atoms with Gasteiger partial charge in [0, 0.05) is 5.54 Å². The zero-order valence-corrected chi connectivity index (χ0v) is 9.79. The van der Waals surface area contributed by atoms with Crippen LogP contribution in [0.15, 0.2) is 0 Å². The highest BCUT2D eigenvalue weighted by Gasteiger charge is 2.73. The third kappa shape index (κ3) is 1.64. The maximum atomic E-state index is 11.8. The third-order valence-corrected chi connectivity index (χ3v) is 3.23. The summed E-state index contributed by atoms with van der Waals surface area (Å²) in [5, 5.41) is 11.1. The number of hydrogen-bond donors (Lipinski definition) is 2. The molecule has 3 aliphatic rings. The second-order valence-electron chi connectivity index (χ2n) is 6.02. The molecule has 90 valence electrons. The molecule has 0 aromatic carbocycles. The quantitative estimate of drug-likeness (QED) is 0.701. The molecule has 3 fully saturated rings. The Bertz CT molecular complexity index is 336. The molecule has 0 spiro atoms. The first kappa shape index (κ1) is 11.2. The monoisotopic (exact) mass is 227 g/mol. The van der Waals surface area contributed by atoms with Crippen molar-refractivity contribution in [1.29, 1.82) is 0 Å². The minimum absolute atomic E-state index is 0.186. The molecule has 0 heterocycles. The number of nitrogens with one attached hydrogen (secondary N) is 1. The summed E-state index contributed by atoms with van der Waals surface area (Å²) in [6.07, 6.45) is 0.737. The molecule has 0 atom stereocenters. The van der Waals surface area contributed by atoms with E-state index in [-0.39, 0.29) is 11.5 Å². The van der Waals surface area contributed by atoms with Gasteiger partial charge in [0.15, 0.2) is 0 Å². The fourth-order valence-electron chi connectivity index (χ4n) is 2.75. The number of carbonyl (C=O) groups excluding carboxylic acids is 1. The fraction of sp³-hybridized carbons (Fsp3) is 0.818. The minimum Gasteiger partial charge on any atom is -0.465 e. The Morgan fingerprint density at radius 1 is 1.25 bits per heavy atom. The summed E-state index contributed by atoms with van der Waals surface area (Å²) in [4.78, 5) is 22.3. The van der Waals surface area contributed by atoms with Crippen LogP contribution in [0.25, 0.3) is 0 Å². The summed E-state index contributed by atoms with van der Waals surface area (Å²) < 4.78 is 5.32. The standard InChI is InChI=1S/C11H17NO4/c1-9(2,3)16-7(13)10-4-11(5-10,6-10)12-8(14)15/h12H,4-6H2,1-3H3,(H,14,15). The molecule has 0 radical (unpaired) electrons. The van der Waals surface area contributed by atoms with E-state index in [1.165, 1.54) is 0 Å². The topological polar surface area (TPSA) is 75.6 Å². The van der Waals surface area contributed by atoms with E-state index in [1.54, 1.807) is 0 Å². The zero-order chi connectivity index (χ0) is 12.2. The average molecular weight is 227 g/mol. The van der Waals surface area contributed by atoms with E-state index in [9.17, 15) is 9.59 Å². The van der Waals surface area contributed by atoms with E-state index in [1.807, 2.05) is 20.8 Å². The predicted octanol–water partition coefficient (Wildman–Crippen LogP) is 1.52. The van der Waals surface area contributed by atoms with Gasteiger partial charge in [-0.2, -0.15) is 0 Å². The Morgan fingerprint density at radius 3 is 2.12 bits per heavy atom. The van der Waals surface area contributed by atoms with Crippen molar-refractivity contribution in [2.75, 3.05) is 0 Å². The number of amides is 1. The highest BCUT2D eigenvalue weighted by Crippen LogP contribution is 2.67. The Kier molecular flexibility index (Phi) is 2.03. The van der Waals surface area contributed by atoms with Crippen molar-refractivity contribution in [3.63, 3.8) is 0 Å². The van der Waals surface area contributed by atoms with Crippen LogP contribution in [-0.4, -0.2) is 28.3 Å². The lowest BCUT2D eigenvalue weighted by Gasteiger charge is -2.68. The maximum Gasteiger partial charge on any atom is 0.405 e. The van der Waals surface area contributed by atoms with Gasteiger partial charge in [0.2, 0.25) is 0 Å². The summed E-state index contributed by atoms with van der Waals surface area (Å²) in [6, 6.07) is 0. The predicted molar refractivity (Wildman–Crippen MR) is 56.0 cm³/mol. The highest BCUT2D eigenvalue weighted by molar-refractivity contribution is 5.83. The van der Waals surface area contributed by atoms with E-state index in [0.717, 1.165) is 0 Å². The minimum atomic E-state index is -1.02. The van der Waals surface area contributed by atoms with Crippen molar-refractivity contribution in [2.45, 2.75) is 51.2 Å². The molecule has 3 aliphatic carbocycles. The molecular weight excluding hydrogens is 210 g/mol. The van der Waals surface area contributed by atoms with Crippen molar-refractivity contribution < 1.29 is 19.4 Å².